The van der Waals surface area contributed by atoms with E-state index >= 15 is 0 Å². The highest BCUT2D eigenvalue weighted by Crippen LogP contribution is 2.40. The Morgan fingerprint density at radius 3 is 2.89 bits per heavy atom. The summed E-state index contributed by atoms with van der Waals surface area (Å²) in [5.41, 5.74) is 6.94. The average Bonchev–Trinajstić information content (AvgIpc) is 2.62. The molecule has 0 aromatic heterocycles. The first-order chi connectivity index (χ1) is 9.16. The summed E-state index contributed by atoms with van der Waals surface area (Å²) < 4.78 is 12.4. The highest BCUT2D eigenvalue weighted by molar-refractivity contribution is 9.10. The van der Waals surface area contributed by atoms with Crippen molar-refractivity contribution in [1.82, 2.24) is 4.90 Å². The molecule has 1 unspecified atom stereocenters. The molecule has 2 aliphatic heterocycles. The van der Waals surface area contributed by atoms with Crippen molar-refractivity contribution < 1.29 is 9.47 Å². The van der Waals surface area contributed by atoms with E-state index in [1.807, 2.05) is 18.0 Å². The van der Waals surface area contributed by atoms with Crippen LogP contribution < -0.4 is 15.2 Å². The molecule has 1 aromatic carbocycles. The van der Waals surface area contributed by atoms with Gasteiger partial charge in [0.15, 0.2) is 17.5 Å². The second-order valence-corrected chi connectivity index (χ2v) is 5.56. The SMILES string of the molecule is CN1C(N)=NCC1c1cc(Br)c2c(c1)OCCCO2. The van der Waals surface area contributed by atoms with Gasteiger partial charge in [0.05, 0.1) is 30.3 Å². The van der Waals surface area contributed by atoms with Gasteiger partial charge in [-0.25, -0.2) is 0 Å². The monoisotopic (exact) mass is 325 g/mol. The molecule has 5 nitrogen and oxygen atoms in total. The zero-order valence-corrected chi connectivity index (χ0v) is 12.3. The maximum Gasteiger partial charge on any atom is 0.191 e. The van der Waals surface area contributed by atoms with Crippen LogP contribution in [0.4, 0.5) is 0 Å². The van der Waals surface area contributed by atoms with E-state index in [0.717, 1.165) is 28.0 Å². The van der Waals surface area contributed by atoms with Gasteiger partial charge in [-0.1, -0.05) is 0 Å². The van der Waals surface area contributed by atoms with Gasteiger partial charge in [0, 0.05) is 13.5 Å². The summed E-state index contributed by atoms with van der Waals surface area (Å²) in [6, 6.07) is 4.25. The van der Waals surface area contributed by atoms with Crippen molar-refractivity contribution in [1.29, 1.82) is 0 Å². The summed E-state index contributed by atoms with van der Waals surface area (Å²) in [6.45, 7) is 2.04. The zero-order chi connectivity index (χ0) is 13.4. The highest BCUT2D eigenvalue weighted by Gasteiger charge is 2.26. The molecule has 0 saturated carbocycles. The summed E-state index contributed by atoms with van der Waals surface area (Å²) in [4.78, 5) is 6.25. The van der Waals surface area contributed by atoms with Crippen molar-refractivity contribution in [2.45, 2.75) is 12.5 Å². The van der Waals surface area contributed by atoms with Gasteiger partial charge in [-0.05, 0) is 33.6 Å². The molecule has 1 aromatic rings. The van der Waals surface area contributed by atoms with Crippen LogP contribution in [0.3, 0.4) is 0 Å². The van der Waals surface area contributed by atoms with E-state index in [4.69, 9.17) is 15.2 Å². The lowest BCUT2D eigenvalue weighted by atomic mass is 10.1. The van der Waals surface area contributed by atoms with Gasteiger partial charge in [-0.2, -0.15) is 0 Å². The van der Waals surface area contributed by atoms with Gasteiger partial charge in [0.2, 0.25) is 0 Å². The van der Waals surface area contributed by atoms with E-state index in [-0.39, 0.29) is 6.04 Å². The van der Waals surface area contributed by atoms with Crippen LogP contribution in [0.1, 0.15) is 18.0 Å². The molecule has 0 bridgehead atoms. The number of halogens is 1. The smallest absolute Gasteiger partial charge is 0.191 e. The first-order valence-corrected chi connectivity index (χ1v) is 7.08. The molecular formula is C13H16BrN3O2. The molecule has 1 atom stereocenters. The lowest BCUT2D eigenvalue weighted by molar-refractivity contribution is 0.296. The fraction of sp³-hybridized carbons (Fsp3) is 0.462. The summed E-state index contributed by atoms with van der Waals surface area (Å²) in [5, 5.41) is 0. The fourth-order valence-corrected chi connectivity index (χ4v) is 2.92. The maximum atomic E-state index is 5.82. The third kappa shape index (κ3) is 2.25. The Hall–Kier alpha value is -1.43. The molecule has 0 fully saturated rings. The van der Waals surface area contributed by atoms with Crippen LogP contribution in [-0.2, 0) is 0 Å². The van der Waals surface area contributed by atoms with Crippen LogP contribution in [0.25, 0.3) is 0 Å². The van der Waals surface area contributed by atoms with Crippen molar-refractivity contribution in [3.63, 3.8) is 0 Å². The standard InChI is InChI=1S/C13H16BrN3O2/c1-17-10(7-16-13(17)15)8-5-9(14)12-11(6-8)18-3-2-4-19-12/h5-6,10H,2-4,7H2,1H3,(H2,15,16). The number of nitrogens with zero attached hydrogens (tertiary/aromatic N) is 2. The minimum atomic E-state index is 0.161. The molecule has 0 saturated heterocycles. The number of fused-ring (bicyclic) bond motifs is 1. The fourth-order valence-electron chi connectivity index (χ4n) is 2.35. The maximum absolute atomic E-state index is 5.82. The van der Waals surface area contributed by atoms with Gasteiger partial charge in [0.1, 0.15) is 0 Å². The van der Waals surface area contributed by atoms with Crippen LogP contribution in [0.5, 0.6) is 11.5 Å². The minimum absolute atomic E-state index is 0.161. The number of ether oxygens (including phenoxy) is 2. The first-order valence-electron chi connectivity index (χ1n) is 6.28. The quantitative estimate of drug-likeness (QED) is 0.856. The normalized spacial score (nSPS) is 22.1. The van der Waals surface area contributed by atoms with Crippen molar-refractivity contribution in [2.24, 2.45) is 10.7 Å². The Balaban J connectivity index is 1.96. The molecule has 2 heterocycles. The van der Waals surface area contributed by atoms with Gasteiger partial charge in [-0.3, -0.25) is 4.99 Å². The molecule has 102 valence electrons. The summed E-state index contributed by atoms with van der Waals surface area (Å²) in [7, 11) is 1.95. The molecule has 3 rings (SSSR count). The Morgan fingerprint density at radius 1 is 1.37 bits per heavy atom. The van der Waals surface area contributed by atoms with Crippen molar-refractivity contribution >= 4 is 21.9 Å². The van der Waals surface area contributed by atoms with E-state index in [0.29, 0.717) is 25.7 Å². The van der Waals surface area contributed by atoms with Crippen LogP contribution in [0.2, 0.25) is 0 Å². The number of likely N-dealkylation sites (N-methyl/N-ethyl adjacent to an activating group) is 1. The molecule has 0 spiro atoms. The molecule has 19 heavy (non-hydrogen) atoms. The molecule has 0 aliphatic carbocycles. The zero-order valence-electron chi connectivity index (χ0n) is 10.7. The number of rotatable bonds is 1. The Kier molecular flexibility index (Phi) is 3.26. The van der Waals surface area contributed by atoms with Gasteiger partial charge < -0.3 is 20.1 Å². The topological polar surface area (TPSA) is 60.1 Å². The van der Waals surface area contributed by atoms with Crippen LogP contribution in [0, 0.1) is 0 Å². The molecule has 2 N–H and O–H groups in total. The number of nitrogens with two attached hydrogens (primary N) is 1. The van der Waals surface area contributed by atoms with E-state index < -0.39 is 0 Å². The Bertz CT molecular complexity index is 533. The second kappa shape index (κ2) is 4.92. The van der Waals surface area contributed by atoms with Crippen LogP contribution in [0.15, 0.2) is 21.6 Å². The van der Waals surface area contributed by atoms with E-state index in [2.05, 4.69) is 27.0 Å². The first kappa shape index (κ1) is 12.6. The van der Waals surface area contributed by atoms with Gasteiger partial charge >= 0.3 is 0 Å². The average molecular weight is 326 g/mol. The molecule has 6 heteroatoms. The predicted molar refractivity (Wildman–Crippen MR) is 76.7 cm³/mol. The predicted octanol–water partition coefficient (Wildman–Crippen LogP) is 1.91. The summed E-state index contributed by atoms with van der Waals surface area (Å²) in [5.74, 6) is 2.16. The van der Waals surface area contributed by atoms with E-state index in [1.165, 1.54) is 0 Å². The lowest BCUT2D eigenvalue weighted by Crippen LogP contribution is -2.32. The minimum Gasteiger partial charge on any atom is -0.490 e. The highest BCUT2D eigenvalue weighted by atomic mass is 79.9. The van der Waals surface area contributed by atoms with Crippen LogP contribution in [-0.4, -0.2) is 37.7 Å². The number of aliphatic imine (C=N–C) groups is 1. The summed E-state index contributed by atoms with van der Waals surface area (Å²) in [6.07, 6.45) is 0.899. The van der Waals surface area contributed by atoms with Crippen molar-refractivity contribution in [3.8, 4) is 11.5 Å². The van der Waals surface area contributed by atoms with Gasteiger partial charge in [0.25, 0.3) is 0 Å². The third-order valence-electron chi connectivity index (χ3n) is 3.46. The Morgan fingerprint density at radius 2 is 2.16 bits per heavy atom. The second-order valence-electron chi connectivity index (χ2n) is 4.71. The third-order valence-corrected chi connectivity index (χ3v) is 4.05. The van der Waals surface area contributed by atoms with Crippen molar-refractivity contribution in [2.75, 3.05) is 26.8 Å². The molecule has 2 aliphatic rings. The Labute approximate surface area is 120 Å². The summed E-state index contributed by atoms with van der Waals surface area (Å²) >= 11 is 3.56. The van der Waals surface area contributed by atoms with E-state index in [1.54, 1.807) is 0 Å². The number of benzene rings is 1. The lowest BCUT2D eigenvalue weighted by Gasteiger charge is -2.23. The number of hydrogen-bond donors (Lipinski definition) is 1. The van der Waals surface area contributed by atoms with E-state index in [9.17, 15) is 0 Å². The number of hydrogen-bond acceptors (Lipinski definition) is 5. The molecule has 0 radical (unpaired) electrons. The molecular weight excluding hydrogens is 310 g/mol. The largest absolute Gasteiger partial charge is 0.490 e. The molecule has 0 amide bonds. The van der Waals surface area contributed by atoms with Gasteiger partial charge in [-0.15, -0.1) is 0 Å². The number of guanidine groups is 1. The van der Waals surface area contributed by atoms with Crippen molar-refractivity contribution in [3.05, 3.63) is 22.2 Å². The van der Waals surface area contributed by atoms with Crippen LogP contribution >= 0.6 is 15.9 Å².